The van der Waals surface area contributed by atoms with Crippen LogP contribution in [-0.2, 0) is 11.2 Å². The first-order valence-electron chi connectivity index (χ1n) is 7.08. The van der Waals surface area contributed by atoms with Crippen LogP contribution in [-0.4, -0.2) is 24.9 Å². The van der Waals surface area contributed by atoms with Gasteiger partial charge in [-0.3, -0.25) is 9.59 Å². The Morgan fingerprint density at radius 3 is 2.39 bits per heavy atom. The summed E-state index contributed by atoms with van der Waals surface area (Å²) >= 11 is 1.41. The van der Waals surface area contributed by atoms with Crippen molar-refractivity contribution < 1.29 is 9.59 Å². The van der Waals surface area contributed by atoms with Gasteiger partial charge < -0.3 is 16.4 Å². The van der Waals surface area contributed by atoms with Gasteiger partial charge in [0.2, 0.25) is 5.91 Å². The second-order valence-corrected chi connectivity index (χ2v) is 5.80. The van der Waals surface area contributed by atoms with Crippen molar-refractivity contribution in [1.82, 2.24) is 10.6 Å². The predicted molar refractivity (Wildman–Crippen MR) is 96.1 cm³/mol. The second-order valence-electron chi connectivity index (χ2n) is 4.86. The molecule has 0 aliphatic carbocycles. The first-order valence-corrected chi connectivity index (χ1v) is 7.96. The summed E-state index contributed by atoms with van der Waals surface area (Å²) in [6.07, 6.45) is 1.03. The number of halogens is 1. The molecular weight excluding hydrogens is 334 g/mol. The molecule has 2 aromatic rings. The van der Waals surface area contributed by atoms with Crippen molar-refractivity contribution in [1.29, 1.82) is 0 Å². The maximum atomic E-state index is 11.8. The Kier molecular flexibility index (Phi) is 8.15. The summed E-state index contributed by atoms with van der Waals surface area (Å²) in [4.78, 5) is 24.1. The average Bonchev–Trinajstić information content (AvgIpc) is 3.03. The van der Waals surface area contributed by atoms with E-state index in [2.05, 4.69) is 10.6 Å². The molecule has 5 nitrogen and oxygen atoms in total. The van der Waals surface area contributed by atoms with Crippen molar-refractivity contribution in [2.45, 2.75) is 12.8 Å². The number of benzene rings is 1. The molecule has 0 bridgehead atoms. The molecule has 23 heavy (non-hydrogen) atoms. The number of hydrogen-bond acceptors (Lipinski definition) is 4. The van der Waals surface area contributed by atoms with Crippen molar-refractivity contribution in [3.05, 3.63) is 52.2 Å². The maximum absolute atomic E-state index is 11.8. The van der Waals surface area contributed by atoms with E-state index in [9.17, 15) is 9.59 Å². The van der Waals surface area contributed by atoms with Gasteiger partial charge in [0.15, 0.2) is 0 Å². The van der Waals surface area contributed by atoms with Gasteiger partial charge in [0.25, 0.3) is 5.91 Å². The van der Waals surface area contributed by atoms with Gasteiger partial charge in [-0.25, -0.2) is 0 Å². The molecule has 1 aromatic carbocycles. The summed E-state index contributed by atoms with van der Waals surface area (Å²) in [6, 6.07) is 10.9. The molecule has 7 heteroatoms. The van der Waals surface area contributed by atoms with Crippen LogP contribution in [0.15, 0.2) is 41.8 Å². The lowest BCUT2D eigenvalue weighted by Gasteiger charge is -2.06. The van der Waals surface area contributed by atoms with Crippen LogP contribution in [0, 0.1) is 0 Å². The van der Waals surface area contributed by atoms with Gasteiger partial charge in [0.05, 0.1) is 11.3 Å². The van der Waals surface area contributed by atoms with Gasteiger partial charge in [0, 0.05) is 18.8 Å². The SMILES string of the molecule is Cl.Nc1ccc(CC(=O)NCCCNC(=O)c2cccs2)cc1. The molecule has 0 aliphatic rings. The fraction of sp³-hybridized carbons (Fsp3) is 0.250. The van der Waals surface area contributed by atoms with E-state index in [1.165, 1.54) is 11.3 Å². The highest BCUT2D eigenvalue weighted by atomic mass is 35.5. The van der Waals surface area contributed by atoms with Crippen LogP contribution < -0.4 is 16.4 Å². The van der Waals surface area contributed by atoms with Gasteiger partial charge in [-0.15, -0.1) is 23.7 Å². The van der Waals surface area contributed by atoms with E-state index in [1.807, 2.05) is 23.6 Å². The first kappa shape index (κ1) is 19.0. The average molecular weight is 354 g/mol. The number of nitrogen functional groups attached to an aromatic ring is 1. The third-order valence-corrected chi connectivity index (χ3v) is 3.92. The quantitative estimate of drug-likeness (QED) is 0.527. The van der Waals surface area contributed by atoms with E-state index in [0.717, 1.165) is 5.56 Å². The van der Waals surface area contributed by atoms with Crippen LogP contribution in [0.5, 0.6) is 0 Å². The molecule has 2 rings (SSSR count). The topological polar surface area (TPSA) is 84.2 Å². The van der Waals surface area contributed by atoms with Crippen LogP contribution in [0.1, 0.15) is 21.7 Å². The normalized spacial score (nSPS) is 9.74. The Morgan fingerprint density at radius 2 is 1.74 bits per heavy atom. The summed E-state index contributed by atoms with van der Waals surface area (Å²) in [7, 11) is 0. The maximum Gasteiger partial charge on any atom is 0.261 e. The molecular formula is C16H20ClN3O2S. The molecule has 0 aliphatic heterocycles. The highest BCUT2D eigenvalue weighted by Crippen LogP contribution is 2.07. The largest absolute Gasteiger partial charge is 0.399 e. The molecule has 0 saturated carbocycles. The Bertz CT molecular complexity index is 615. The van der Waals surface area contributed by atoms with Gasteiger partial charge in [-0.2, -0.15) is 0 Å². The highest BCUT2D eigenvalue weighted by molar-refractivity contribution is 7.12. The number of anilines is 1. The van der Waals surface area contributed by atoms with Crippen LogP contribution in [0.4, 0.5) is 5.69 Å². The fourth-order valence-corrected chi connectivity index (χ4v) is 2.54. The molecule has 0 fully saturated rings. The van der Waals surface area contributed by atoms with E-state index in [-0.39, 0.29) is 24.2 Å². The Labute approximate surface area is 145 Å². The number of nitrogens with two attached hydrogens (primary N) is 1. The van der Waals surface area contributed by atoms with E-state index in [4.69, 9.17) is 5.73 Å². The fourth-order valence-electron chi connectivity index (χ4n) is 1.90. The number of carbonyl (C=O) groups excluding carboxylic acids is 2. The number of carbonyl (C=O) groups is 2. The van der Waals surface area contributed by atoms with Gasteiger partial charge in [-0.05, 0) is 35.6 Å². The minimum Gasteiger partial charge on any atom is -0.399 e. The zero-order valence-electron chi connectivity index (χ0n) is 12.6. The van der Waals surface area contributed by atoms with Crippen LogP contribution in [0.3, 0.4) is 0 Å². The van der Waals surface area contributed by atoms with Gasteiger partial charge >= 0.3 is 0 Å². The molecule has 0 atom stereocenters. The zero-order chi connectivity index (χ0) is 15.8. The summed E-state index contributed by atoms with van der Waals surface area (Å²) < 4.78 is 0. The number of nitrogens with one attached hydrogen (secondary N) is 2. The van der Waals surface area contributed by atoms with Crippen LogP contribution >= 0.6 is 23.7 Å². The number of amides is 2. The Hall–Kier alpha value is -2.05. The summed E-state index contributed by atoms with van der Waals surface area (Å²) in [5, 5.41) is 7.52. The van der Waals surface area contributed by atoms with Crippen molar-refractivity contribution in [2.24, 2.45) is 0 Å². The summed E-state index contributed by atoms with van der Waals surface area (Å²) in [5.74, 6) is -0.0995. The molecule has 0 radical (unpaired) electrons. The zero-order valence-corrected chi connectivity index (χ0v) is 14.2. The van der Waals surface area contributed by atoms with Gasteiger partial charge in [0.1, 0.15) is 0 Å². The molecule has 124 valence electrons. The number of rotatable bonds is 7. The molecule has 1 heterocycles. The van der Waals surface area contributed by atoms with Crippen molar-refractivity contribution >= 4 is 41.2 Å². The minimum absolute atomic E-state index is 0. The van der Waals surface area contributed by atoms with Crippen molar-refractivity contribution in [2.75, 3.05) is 18.8 Å². The van der Waals surface area contributed by atoms with Crippen LogP contribution in [0.25, 0.3) is 0 Å². The molecule has 4 N–H and O–H groups in total. The minimum atomic E-state index is -0.0665. The lowest BCUT2D eigenvalue weighted by molar-refractivity contribution is -0.120. The van der Waals surface area contributed by atoms with Gasteiger partial charge in [-0.1, -0.05) is 18.2 Å². The van der Waals surface area contributed by atoms with E-state index in [0.29, 0.717) is 36.5 Å². The monoisotopic (exact) mass is 353 g/mol. The van der Waals surface area contributed by atoms with Crippen molar-refractivity contribution in [3.63, 3.8) is 0 Å². The highest BCUT2D eigenvalue weighted by Gasteiger charge is 2.05. The third-order valence-electron chi connectivity index (χ3n) is 3.05. The molecule has 1 aromatic heterocycles. The summed E-state index contributed by atoms with van der Waals surface area (Å²) in [6.45, 7) is 1.08. The first-order chi connectivity index (χ1) is 10.6. The second kappa shape index (κ2) is 9.86. The lowest BCUT2D eigenvalue weighted by Crippen LogP contribution is -2.30. The predicted octanol–water partition coefficient (Wildman–Crippen LogP) is 2.23. The third kappa shape index (κ3) is 6.71. The molecule has 0 unspecified atom stereocenters. The van der Waals surface area contributed by atoms with Crippen molar-refractivity contribution in [3.8, 4) is 0 Å². The molecule has 0 saturated heterocycles. The van der Waals surface area contributed by atoms with E-state index < -0.39 is 0 Å². The Morgan fingerprint density at radius 1 is 1.04 bits per heavy atom. The molecule has 0 spiro atoms. The number of thiophene rings is 1. The smallest absolute Gasteiger partial charge is 0.261 e. The van der Waals surface area contributed by atoms with Crippen LogP contribution in [0.2, 0.25) is 0 Å². The van der Waals surface area contributed by atoms with E-state index >= 15 is 0 Å². The standard InChI is InChI=1S/C16H19N3O2S.ClH/c17-13-6-4-12(5-7-13)11-15(20)18-8-2-9-19-16(21)14-3-1-10-22-14;/h1,3-7,10H,2,8-9,11,17H2,(H,18,20)(H,19,21);1H. The Balaban J connectivity index is 0.00000264. The summed E-state index contributed by atoms with van der Waals surface area (Å²) in [5.41, 5.74) is 7.21. The number of hydrogen-bond donors (Lipinski definition) is 3. The van der Waals surface area contributed by atoms with E-state index in [1.54, 1.807) is 18.2 Å². The lowest BCUT2D eigenvalue weighted by atomic mass is 10.1. The molecule has 2 amide bonds.